The minimum Gasteiger partial charge on any atom is -0.142 e. The van der Waals surface area contributed by atoms with Gasteiger partial charge in [-0.25, -0.2) is 0 Å². The number of hydrogen-bond acceptors (Lipinski definition) is 1. The third-order valence-corrected chi connectivity index (χ3v) is 3.82. The average Bonchev–Trinajstić information content (AvgIpc) is 2.35. The Balaban J connectivity index is 2.94. The highest BCUT2D eigenvalue weighted by Crippen LogP contribution is 2.31. The summed E-state index contributed by atoms with van der Waals surface area (Å²) >= 11 is 5.31. The Bertz CT molecular complexity index is 389. The fourth-order valence-electron chi connectivity index (χ4n) is 1.15. The van der Waals surface area contributed by atoms with Gasteiger partial charge in [-0.2, -0.15) is 0 Å². The van der Waals surface area contributed by atoms with Crippen molar-refractivity contribution in [2.24, 2.45) is 0 Å². The van der Waals surface area contributed by atoms with E-state index in [0.29, 0.717) is 0 Å². The van der Waals surface area contributed by atoms with Crippen molar-refractivity contribution in [3.05, 3.63) is 33.6 Å². The van der Waals surface area contributed by atoms with Crippen LogP contribution in [0.5, 0.6) is 0 Å². The highest BCUT2D eigenvalue weighted by atomic mass is 79.9. The molecule has 0 radical (unpaired) electrons. The van der Waals surface area contributed by atoms with E-state index in [1.54, 1.807) is 11.3 Å². The third kappa shape index (κ3) is 1.10. The summed E-state index contributed by atoms with van der Waals surface area (Å²) in [5, 5.41) is 3.56. The maximum atomic E-state index is 3.52. The van der Waals surface area contributed by atoms with Gasteiger partial charge in [-0.1, -0.05) is 12.1 Å². The highest BCUT2D eigenvalue weighted by molar-refractivity contribution is 9.10. The van der Waals surface area contributed by atoms with Crippen molar-refractivity contribution in [2.75, 3.05) is 0 Å². The van der Waals surface area contributed by atoms with Gasteiger partial charge in [0.15, 0.2) is 0 Å². The lowest BCUT2D eigenvalue weighted by atomic mass is 10.2. The zero-order chi connectivity index (χ0) is 7.84. The lowest BCUT2D eigenvalue weighted by Gasteiger charge is -1.92. The summed E-state index contributed by atoms with van der Waals surface area (Å²) in [6.07, 6.45) is 0. The Hall–Kier alpha value is -0.340. The summed E-state index contributed by atoms with van der Waals surface area (Å²) < 4.78 is 2.55. The Morgan fingerprint density at radius 2 is 2.18 bits per heavy atom. The van der Waals surface area contributed by atoms with Gasteiger partial charge in [0.2, 0.25) is 0 Å². The van der Waals surface area contributed by atoms with Crippen LogP contribution in [0.3, 0.4) is 0 Å². The number of halogens is 1. The van der Waals surface area contributed by atoms with Gasteiger partial charge in [-0.05, 0) is 45.2 Å². The molecule has 56 valence electrons. The summed E-state index contributed by atoms with van der Waals surface area (Å²) in [4.78, 5) is 0. The molecule has 0 saturated heterocycles. The van der Waals surface area contributed by atoms with Crippen LogP contribution in [0.2, 0.25) is 0 Å². The van der Waals surface area contributed by atoms with Gasteiger partial charge < -0.3 is 0 Å². The Morgan fingerprint density at radius 3 is 2.91 bits per heavy atom. The van der Waals surface area contributed by atoms with Crippen molar-refractivity contribution >= 4 is 37.4 Å². The van der Waals surface area contributed by atoms with Crippen LogP contribution < -0.4 is 0 Å². The number of benzene rings is 1. The molecule has 11 heavy (non-hydrogen) atoms. The molecule has 0 amide bonds. The molecule has 0 saturated carbocycles. The maximum absolute atomic E-state index is 3.52. The molecule has 0 spiro atoms. The van der Waals surface area contributed by atoms with Gasteiger partial charge in [-0.3, -0.25) is 0 Å². The molecule has 2 heteroatoms. The van der Waals surface area contributed by atoms with Crippen molar-refractivity contribution < 1.29 is 0 Å². The van der Waals surface area contributed by atoms with E-state index >= 15 is 0 Å². The first-order valence-corrected chi connectivity index (χ1v) is 5.08. The minimum absolute atomic E-state index is 1.20. The van der Waals surface area contributed by atoms with Crippen molar-refractivity contribution in [1.29, 1.82) is 0 Å². The first-order chi connectivity index (χ1) is 5.29. The van der Waals surface area contributed by atoms with Crippen LogP contribution in [0.1, 0.15) is 5.56 Å². The van der Waals surface area contributed by atoms with Gasteiger partial charge in [0, 0.05) is 9.17 Å². The standard InChI is InChI=1S/C9H7BrS/c1-6-5-11-9-7(6)3-2-4-8(9)10/h2-5H,1H3. The summed E-state index contributed by atoms with van der Waals surface area (Å²) in [5.74, 6) is 0. The van der Waals surface area contributed by atoms with Gasteiger partial charge in [0.1, 0.15) is 0 Å². The second kappa shape index (κ2) is 2.61. The molecule has 0 unspecified atom stereocenters. The van der Waals surface area contributed by atoms with Gasteiger partial charge >= 0.3 is 0 Å². The molecule has 0 aliphatic heterocycles. The molecular weight excluding hydrogens is 220 g/mol. The third-order valence-electron chi connectivity index (χ3n) is 1.75. The van der Waals surface area contributed by atoms with Crippen LogP contribution in [-0.4, -0.2) is 0 Å². The second-order valence-electron chi connectivity index (χ2n) is 2.54. The van der Waals surface area contributed by atoms with Crippen molar-refractivity contribution in [3.63, 3.8) is 0 Å². The van der Waals surface area contributed by atoms with Crippen LogP contribution in [0.15, 0.2) is 28.1 Å². The number of thiophene rings is 1. The van der Waals surface area contributed by atoms with Gasteiger partial charge in [0.05, 0.1) is 0 Å². The van der Waals surface area contributed by atoms with Crippen LogP contribution in [0, 0.1) is 6.92 Å². The Morgan fingerprint density at radius 1 is 1.36 bits per heavy atom. The molecule has 2 aromatic rings. The summed E-state index contributed by atoms with van der Waals surface area (Å²) in [5.41, 5.74) is 1.37. The van der Waals surface area contributed by atoms with E-state index in [4.69, 9.17) is 0 Å². The quantitative estimate of drug-likeness (QED) is 0.638. The molecule has 0 aliphatic rings. The largest absolute Gasteiger partial charge is 0.142 e. The molecule has 1 heterocycles. The Labute approximate surface area is 78.0 Å². The van der Waals surface area contributed by atoms with Gasteiger partial charge in [-0.15, -0.1) is 11.3 Å². The molecule has 2 rings (SSSR count). The van der Waals surface area contributed by atoms with E-state index in [1.165, 1.54) is 20.1 Å². The number of hydrogen-bond donors (Lipinski definition) is 0. The maximum Gasteiger partial charge on any atom is 0.0487 e. The summed E-state index contributed by atoms with van der Waals surface area (Å²) in [6.45, 7) is 2.14. The van der Waals surface area contributed by atoms with E-state index in [1.807, 2.05) is 0 Å². The molecule has 0 atom stereocenters. The fraction of sp³-hybridized carbons (Fsp3) is 0.111. The van der Waals surface area contributed by atoms with Crippen molar-refractivity contribution in [2.45, 2.75) is 6.92 Å². The summed E-state index contributed by atoms with van der Waals surface area (Å²) in [7, 11) is 0. The number of aryl methyl sites for hydroxylation is 1. The van der Waals surface area contributed by atoms with Crippen LogP contribution >= 0.6 is 27.3 Å². The minimum atomic E-state index is 1.20. The molecule has 0 bridgehead atoms. The molecule has 1 aromatic carbocycles. The lowest BCUT2D eigenvalue weighted by Crippen LogP contribution is -1.67. The van der Waals surface area contributed by atoms with E-state index < -0.39 is 0 Å². The van der Waals surface area contributed by atoms with Crippen molar-refractivity contribution in [1.82, 2.24) is 0 Å². The zero-order valence-corrected chi connectivity index (χ0v) is 8.50. The molecule has 0 nitrogen and oxygen atoms in total. The highest BCUT2D eigenvalue weighted by Gasteiger charge is 2.01. The first-order valence-electron chi connectivity index (χ1n) is 3.41. The van der Waals surface area contributed by atoms with Gasteiger partial charge in [0.25, 0.3) is 0 Å². The summed E-state index contributed by atoms with van der Waals surface area (Å²) in [6, 6.07) is 6.32. The molecule has 0 aliphatic carbocycles. The predicted molar refractivity (Wildman–Crippen MR) is 54.3 cm³/mol. The fourth-order valence-corrected chi connectivity index (χ4v) is 2.75. The topological polar surface area (TPSA) is 0 Å². The van der Waals surface area contributed by atoms with Crippen molar-refractivity contribution in [3.8, 4) is 0 Å². The van der Waals surface area contributed by atoms with Crippen LogP contribution in [0.25, 0.3) is 10.1 Å². The first kappa shape index (κ1) is 7.32. The van der Waals surface area contributed by atoms with E-state index in [2.05, 4.69) is 46.4 Å². The monoisotopic (exact) mass is 226 g/mol. The van der Waals surface area contributed by atoms with Crippen LogP contribution in [-0.2, 0) is 0 Å². The molecule has 1 aromatic heterocycles. The second-order valence-corrected chi connectivity index (χ2v) is 4.27. The average molecular weight is 227 g/mol. The number of fused-ring (bicyclic) bond motifs is 1. The van der Waals surface area contributed by atoms with Crippen LogP contribution in [0.4, 0.5) is 0 Å². The molecular formula is C9H7BrS. The smallest absolute Gasteiger partial charge is 0.0487 e. The normalized spacial score (nSPS) is 10.7. The van der Waals surface area contributed by atoms with E-state index in [9.17, 15) is 0 Å². The Kier molecular flexibility index (Phi) is 1.74. The zero-order valence-electron chi connectivity index (χ0n) is 6.10. The lowest BCUT2D eigenvalue weighted by molar-refractivity contribution is 1.59. The molecule has 0 N–H and O–H groups in total. The predicted octanol–water partition coefficient (Wildman–Crippen LogP) is 3.97. The van der Waals surface area contributed by atoms with E-state index in [-0.39, 0.29) is 0 Å². The SMILES string of the molecule is Cc1csc2c(Br)cccc12. The van der Waals surface area contributed by atoms with E-state index in [0.717, 1.165) is 0 Å². The molecule has 0 fully saturated rings. The number of rotatable bonds is 0.